The van der Waals surface area contributed by atoms with Crippen molar-refractivity contribution in [1.29, 1.82) is 0 Å². The molecule has 0 bridgehead atoms. The average molecular weight is 237 g/mol. The van der Waals surface area contributed by atoms with Crippen molar-refractivity contribution < 1.29 is 27.1 Å². The van der Waals surface area contributed by atoms with Gasteiger partial charge in [0.2, 0.25) is 0 Å². The van der Waals surface area contributed by atoms with Gasteiger partial charge in [0.05, 0.1) is 23.9 Å². The minimum absolute atomic E-state index is 0.449. The number of alkyl halides is 3. The standard InChI is InChI=1S/C9H7F4NO2/c1-16-8(15)4-2-5(9(11,12)13)7(14)6(10)3-4/h2-3H,14H2,1H3. The SMILES string of the molecule is COC(=O)c1cc(F)c(N)c(C(F)(F)F)c1. The predicted octanol–water partition coefficient (Wildman–Crippen LogP) is 2.21. The van der Waals surface area contributed by atoms with Crippen LogP contribution in [0.5, 0.6) is 0 Å². The van der Waals surface area contributed by atoms with Crippen molar-refractivity contribution >= 4 is 11.7 Å². The van der Waals surface area contributed by atoms with Gasteiger partial charge in [0, 0.05) is 0 Å². The predicted molar refractivity (Wildman–Crippen MR) is 47.2 cm³/mol. The summed E-state index contributed by atoms with van der Waals surface area (Å²) in [4.78, 5) is 11.0. The Morgan fingerprint density at radius 3 is 2.38 bits per heavy atom. The molecule has 0 heterocycles. The number of halogens is 4. The lowest BCUT2D eigenvalue weighted by Crippen LogP contribution is -2.13. The zero-order valence-corrected chi connectivity index (χ0v) is 8.06. The maximum atomic E-state index is 13.0. The highest BCUT2D eigenvalue weighted by molar-refractivity contribution is 5.90. The lowest BCUT2D eigenvalue weighted by molar-refractivity contribution is -0.137. The van der Waals surface area contributed by atoms with Crippen LogP contribution in [0.2, 0.25) is 0 Å². The number of carbonyl (C=O) groups excluding carboxylic acids is 1. The molecule has 0 unspecified atom stereocenters. The van der Waals surface area contributed by atoms with E-state index in [0.29, 0.717) is 12.1 Å². The molecule has 1 aromatic carbocycles. The second-order valence-electron chi connectivity index (χ2n) is 2.91. The van der Waals surface area contributed by atoms with Crippen LogP contribution in [0.1, 0.15) is 15.9 Å². The van der Waals surface area contributed by atoms with Crippen molar-refractivity contribution in [3.63, 3.8) is 0 Å². The summed E-state index contributed by atoms with van der Waals surface area (Å²) in [5.41, 5.74) is 1.95. The summed E-state index contributed by atoms with van der Waals surface area (Å²) < 4.78 is 54.4. The zero-order chi connectivity index (χ0) is 12.5. The van der Waals surface area contributed by atoms with Gasteiger partial charge >= 0.3 is 12.1 Å². The topological polar surface area (TPSA) is 52.3 Å². The molecule has 0 aliphatic carbocycles. The van der Waals surface area contributed by atoms with E-state index in [2.05, 4.69) is 4.74 Å². The van der Waals surface area contributed by atoms with E-state index in [4.69, 9.17) is 5.73 Å². The Balaban J connectivity index is 3.39. The van der Waals surface area contributed by atoms with Crippen molar-refractivity contribution in [2.24, 2.45) is 0 Å². The number of rotatable bonds is 1. The fourth-order valence-corrected chi connectivity index (χ4v) is 1.09. The van der Waals surface area contributed by atoms with Crippen molar-refractivity contribution in [3.05, 3.63) is 29.1 Å². The lowest BCUT2D eigenvalue weighted by atomic mass is 10.1. The molecule has 0 aliphatic rings. The number of hydrogen-bond acceptors (Lipinski definition) is 3. The maximum absolute atomic E-state index is 13.0. The largest absolute Gasteiger partial charge is 0.465 e. The molecule has 0 amide bonds. The van der Waals surface area contributed by atoms with Crippen LogP contribution >= 0.6 is 0 Å². The van der Waals surface area contributed by atoms with E-state index in [0.717, 1.165) is 7.11 Å². The van der Waals surface area contributed by atoms with Crippen LogP contribution < -0.4 is 5.73 Å². The van der Waals surface area contributed by atoms with E-state index in [-0.39, 0.29) is 0 Å². The Hall–Kier alpha value is -1.79. The summed E-state index contributed by atoms with van der Waals surface area (Å²) in [6, 6.07) is 1.04. The summed E-state index contributed by atoms with van der Waals surface area (Å²) in [7, 11) is 0.976. The zero-order valence-electron chi connectivity index (χ0n) is 8.06. The normalized spacial score (nSPS) is 11.3. The van der Waals surface area contributed by atoms with Gasteiger partial charge in [0.15, 0.2) is 0 Å². The van der Waals surface area contributed by atoms with Crippen LogP contribution in [0, 0.1) is 5.82 Å². The third-order valence-corrected chi connectivity index (χ3v) is 1.86. The monoisotopic (exact) mass is 237 g/mol. The van der Waals surface area contributed by atoms with Gasteiger partial charge in [0.1, 0.15) is 5.82 Å². The third-order valence-electron chi connectivity index (χ3n) is 1.86. The Kier molecular flexibility index (Phi) is 3.06. The summed E-state index contributed by atoms with van der Waals surface area (Å²) in [6.07, 6.45) is -4.82. The molecule has 7 heteroatoms. The molecular formula is C9H7F4NO2. The van der Waals surface area contributed by atoms with Crippen LogP contribution in [-0.2, 0) is 10.9 Å². The molecule has 0 aliphatic heterocycles. The first-order valence-electron chi connectivity index (χ1n) is 4.02. The Morgan fingerprint density at radius 2 is 1.94 bits per heavy atom. The molecule has 0 fully saturated rings. The van der Waals surface area contributed by atoms with Crippen molar-refractivity contribution in [2.75, 3.05) is 12.8 Å². The highest BCUT2D eigenvalue weighted by atomic mass is 19.4. The van der Waals surface area contributed by atoms with Crippen LogP contribution in [0.3, 0.4) is 0 Å². The number of nitrogen functional groups attached to an aromatic ring is 1. The van der Waals surface area contributed by atoms with E-state index >= 15 is 0 Å². The number of nitrogens with two attached hydrogens (primary N) is 1. The smallest absolute Gasteiger partial charge is 0.418 e. The summed E-state index contributed by atoms with van der Waals surface area (Å²) in [6.45, 7) is 0. The van der Waals surface area contributed by atoms with Crippen LogP contribution in [0.25, 0.3) is 0 Å². The number of anilines is 1. The molecule has 0 radical (unpaired) electrons. The second kappa shape index (κ2) is 3.99. The third kappa shape index (κ3) is 2.23. The van der Waals surface area contributed by atoms with Gasteiger partial charge in [-0.15, -0.1) is 0 Å². The van der Waals surface area contributed by atoms with Crippen molar-refractivity contribution in [3.8, 4) is 0 Å². The van der Waals surface area contributed by atoms with E-state index in [1.54, 1.807) is 0 Å². The molecule has 0 saturated carbocycles. The van der Waals surface area contributed by atoms with E-state index in [1.807, 2.05) is 0 Å². The van der Waals surface area contributed by atoms with Gasteiger partial charge < -0.3 is 10.5 Å². The Morgan fingerprint density at radius 1 is 1.38 bits per heavy atom. The van der Waals surface area contributed by atoms with Gasteiger partial charge in [-0.2, -0.15) is 13.2 Å². The highest BCUT2D eigenvalue weighted by Gasteiger charge is 2.35. The van der Waals surface area contributed by atoms with Crippen LogP contribution in [0.15, 0.2) is 12.1 Å². The molecule has 0 saturated heterocycles. The molecule has 0 atom stereocenters. The first-order chi connectivity index (χ1) is 7.27. The lowest BCUT2D eigenvalue weighted by Gasteiger charge is -2.11. The molecule has 3 nitrogen and oxygen atoms in total. The number of esters is 1. The Bertz CT molecular complexity index is 428. The number of benzene rings is 1. The molecule has 16 heavy (non-hydrogen) atoms. The molecule has 2 N–H and O–H groups in total. The van der Waals surface area contributed by atoms with Crippen LogP contribution in [-0.4, -0.2) is 13.1 Å². The van der Waals surface area contributed by atoms with Gasteiger partial charge in [-0.1, -0.05) is 0 Å². The first kappa shape index (κ1) is 12.3. The number of methoxy groups -OCH3 is 1. The van der Waals surface area contributed by atoms with E-state index in [9.17, 15) is 22.4 Å². The van der Waals surface area contributed by atoms with Gasteiger partial charge in [-0.25, -0.2) is 9.18 Å². The summed E-state index contributed by atoms with van der Waals surface area (Å²) in [5.74, 6) is -2.38. The maximum Gasteiger partial charge on any atom is 0.418 e. The van der Waals surface area contributed by atoms with Gasteiger partial charge in [-0.3, -0.25) is 0 Å². The second-order valence-corrected chi connectivity index (χ2v) is 2.91. The van der Waals surface area contributed by atoms with Crippen LogP contribution in [0.4, 0.5) is 23.2 Å². The number of hydrogen-bond donors (Lipinski definition) is 1. The van der Waals surface area contributed by atoms with E-state index < -0.39 is 34.8 Å². The van der Waals surface area contributed by atoms with Gasteiger partial charge in [0.25, 0.3) is 0 Å². The average Bonchev–Trinajstić information content (AvgIpc) is 2.18. The fraction of sp³-hybridized carbons (Fsp3) is 0.222. The molecule has 88 valence electrons. The van der Waals surface area contributed by atoms with Crippen molar-refractivity contribution in [2.45, 2.75) is 6.18 Å². The summed E-state index contributed by atoms with van der Waals surface area (Å²) >= 11 is 0. The van der Waals surface area contributed by atoms with Crippen molar-refractivity contribution in [1.82, 2.24) is 0 Å². The number of carbonyl (C=O) groups is 1. The molecule has 1 rings (SSSR count). The highest BCUT2D eigenvalue weighted by Crippen LogP contribution is 2.35. The molecule has 0 spiro atoms. The summed E-state index contributed by atoms with van der Waals surface area (Å²) in [5, 5.41) is 0. The molecule has 1 aromatic rings. The Labute approximate surface area is 87.8 Å². The minimum atomic E-state index is -4.82. The van der Waals surface area contributed by atoms with E-state index in [1.165, 1.54) is 0 Å². The van der Waals surface area contributed by atoms with Gasteiger partial charge in [-0.05, 0) is 12.1 Å². The number of ether oxygens (including phenoxy) is 1. The molecule has 0 aromatic heterocycles. The fourth-order valence-electron chi connectivity index (χ4n) is 1.09. The molecular weight excluding hydrogens is 230 g/mol. The quantitative estimate of drug-likeness (QED) is 0.463. The minimum Gasteiger partial charge on any atom is -0.465 e. The first-order valence-corrected chi connectivity index (χ1v) is 4.02.